The average molecular weight is 517 g/mol. The van der Waals surface area contributed by atoms with Crippen LogP contribution in [0.1, 0.15) is 41.5 Å². The first-order valence-corrected chi connectivity index (χ1v) is 13.5. The van der Waals surface area contributed by atoms with Gasteiger partial charge in [0.2, 0.25) is 0 Å². The van der Waals surface area contributed by atoms with E-state index < -0.39 is 18.0 Å². The molecule has 1 saturated heterocycles. The van der Waals surface area contributed by atoms with Gasteiger partial charge >= 0.3 is 12.1 Å². The number of halogens is 1. The topological polar surface area (TPSA) is 76.5 Å². The molecule has 1 aliphatic rings. The first kappa shape index (κ1) is 30.7. The minimum Gasteiger partial charge on any atom is -0.442 e. The van der Waals surface area contributed by atoms with Crippen LogP contribution in [0.5, 0.6) is 0 Å². The third-order valence-corrected chi connectivity index (χ3v) is 5.50. The number of hydrogen-bond donors (Lipinski definition) is 1. The van der Waals surface area contributed by atoms with Crippen molar-refractivity contribution >= 4 is 29.6 Å². The Balaban J connectivity index is 0.00000101. The predicted octanol–water partition coefficient (Wildman–Crippen LogP) is 7.07. The number of thioether (sulfide) groups is 1. The van der Waals surface area contributed by atoms with E-state index in [1.807, 2.05) is 72.1 Å². The highest BCUT2D eigenvalue weighted by molar-refractivity contribution is 7.98. The van der Waals surface area contributed by atoms with Crippen LogP contribution in [-0.2, 0) is 4.74 Å². The molecule has 196 valence electrons. The zero-order valence-corrected chi connectivity index (χ0v) is 22.9. The lowest BCUT2D eigenvalue weighted by molar-refractivity contribution is 0.140. The highest BCUT2D eigenvalue weighted by atomic mass is 32.2. The molecule has 2 heterocycles. The monoisotopic (exact) mass is 516 g/mol. The second kappa shape index (κ2) is 16.4. The van der Waals surface area contributed by atoms with E-state index in [1.54, 1.807) is 23.9 Å². The third-order valence-electron chi connectivity index (χ3n) is 4.76. The third kappa shape index (κ3) is 8.12. The normalized spacial score (nSPS) is 13.7. The zero-order chi connectivity index (χ0) is 27.1. The minimum absolute atomic E-state index is 0.140. The fraction of sp³-hybridized carbons (Fsp3) is 0.370. The van der Waals surface area contributed by atoms with Gasteiger partial charge in [-0.05, 0) is 42.2 Å². The number of anilines is 1. The van der Waals surface area contributed by atoms with Crippen LogP contribution in [0.25, 0.3) is 11.1 Å². The van der Waals surface area contributed by atoms with Crippen LogP contribution in [-0.4, -0.2) is 47.1 Å². The lowest BCUT2D eigenvalue weighted by Gasteiger charge is -2.15. The molecule has 4 rings (SSSR count). The van der Waals surface area contributed by atoms with Gasteiger partial charge in [-0.3, -0.25) is 9.47 Å². The Morgan fingerprint density at radius 1 is 1.11 bits per heavy atom. The van der Waals surface area contributed by atoms with E-state index >= 15 is 0 Å². The highest BCUT2D eigenvalue weighted by Gasteiger charge is 2.33. The number of rotatable bonds is 5. The van der Waals surface area contributed by atoms with Gasteiger partial charge in [0.05, 0.1) is 18.8 Å². The van der Waals surface area contributed by atoms with Gasteiger partial charge in [-0.1, -0.05) is 53.7 Å². The van der Waals surface area contributed by atoms with Crippen LogP contribution in [0.4, 0.5) is 19.7 Å². The van der Waals surface area contributed by atoms with Crippen molar-refractivity contribution in [2.45, 2.75) is 52.5 Å². The second-order valence-corrected chi connectivity index (χ2v) is 7.54. The van der Waals surface area contributed by atoms with Crippen LogP contribution in [0.15, 0.2) is 66.1 Å². The van der Waals surface area contributed by atoms with Gasteiger partial charge in [0.1, 0.15) is 18.2 Å². The maximum absolute atomic E-state index is 14.8. The summed E-state index contributed by atoms with van der Waals surface area (Å²) in [6.45, 7) is 12.4. The van der Waals surface area contributed by atoms with Gasteiger partial charge in [-0.2, -0.15) is 0 Å². The smallest absolute Gasteiger partial charge is 0.414 e. The number of carbonyl (C=O) groups is 2. The summed E-state index contributed by atoms with van der Waals surface area (Å²) in [7, 11) is 0. The molecule has 7 nitrogen and oxygen atoms in total. The van der Waals surface area contributed by atoms with Crippen LogP contribution < -0.4 is 10.2 Å². The summed E-state index contributed by atoms with van der Waals surface area (Å²) in [4.78, 5) is 30.5. The van der Waals surface area contributed by atoms with Crippen molar-refractivity contribution in [1.29, 1.82) is 0 Å². The summed E-state index contributed by atoms with van der Waals surface area (Å²) < 4.78 is 21.3. The molecule has 0 radical (unpaired) electrons. The van der Waals surface area contributed by atoms with E-state index in [9.17, 15) is 14.0 Å². The van der Waals surface area contributed by atoms with E-state index in [0.717, 1.165) is 10.5 Å². The lowest BCUT2D eigenvalue weighted by atomic mass is 10.0. The Morgan fingerprint density at radius 3 is 2.33 bits per heavy atom. The van der Waals surface area contributed by atoms with Gasteiger partial charge in [0.25, 0.3) is 0 Å². The number of cyclic esters (lactones) is 1. The Labute approximate surface area is 218 Å². The van der Waals surface area contributed by atoms with E-state index in [-0.39, 0.29) is 19.1 Å². The predicted molar refractivity (Wildman–Crippen MR) is 146 cm³/mol. The molecular formula is C27H37FN4O3S. The van der Waals surface area contributed by atoms with E-state index in [2.05, 4.69) is 10.3 Å². The number of benzene rings is 2. The van der Waals surface area contributed by atoms with Crippen molar-refractivity contribution in [2.75, 3.05) is 24.2 Å². The molecule has 0 aliphatic carbocycles. The molecule has 1 N–H and O–H groups in total. The highest BCUT2D eigenvalue weighted by Crippen LogP contribution is 2.30. The molecule has 1 atom stereocenters. The molecule has 9 heteroatoms. The Kier molecular flexibility index (Phi) is 14.0. The number of carbonyl (C=O) groups excluding carboxylic acids is 2. The van der Waals surface area contributed by atoms with Crippen molar-refractivity contribution in [2.24, 2.45) is 0 Å². The largest absolute Gasteiger partial charge is 0.442 e. The van der Waals surface area contributed by atoms with Crippen molar-refractivity contribution in [1.82, 2.24) is 14.9 Å². The lowest BCUT2D eigenvalue weighted by Crippen LogP contribution is -2.36. The van der Waals surface area contributed by atoms with Crippen LogP contribution in [0.3, 0.4) is 0 Å². The molecule has 2 aromatic carbocycles. The fourth-order valence-corrected chi connectivity index (χ4v) is 3.60. The molecule has 36 heavy (non-hydrogen) atoms. The quantitative estimate of drug-likeness (QED) is 0.367. The molecule has 3 aromatic rings. The van der Waals surface area contributed by atoms with Crippen molar-refractivity contribution in [3.05, 3.63) is 67.0 Å². The van der Waals surface area contributed by atoms with Crippen molar-refractivity contribution in [3.8, 4) is 11.1 Å². The van der Waals surface area contributed by atoms with Crippen LogP contribution in [0.2, 0.25) is 0 Å². The molecule has 1 aliphatic heterocycles. The number of imidazole rings is 1. The molecule has 1 fully saturated rings. The van der Waals surface area contributed by atoms with E-state index in [1.165, 1.54) is 34.3 Å². The molecule has 1 aromatic heterocycles. The van der Waals surface area contributed by atoms with Crippen LogP contribution >= 0.6 is 11.8 Å². The summed E-state index contributed by atoms with van der Waals surface area (Å²) in [5.41, 5.74) is 1.63. The summed E-state index contributed by atoms with van der Waals surface area (Å²) in [6, 6.07) is 11.9. The summed E-state index contributed by atoms with van der Waals surface area (Å²) >= 11 is 1.62. The maximum atomic E-state index is 14.8. The van der Waals surface area contributed by atoms with Gasteiger partial charge in [-0.15, -0.1) is 11.8 Å². The fourth-order valence-electron chi connectivity index (χ4n) is 3.19. The summed E-state index contributed by atoms with van der Waals surface area (Å²) in [5.74, 6) is -0.422. The minimum atomic E-state index is -0.576. The molecule has 1 unspecified atom stereocenters. The molecule has 2 amide bonds. The van der Waals surface area contributed by atoms with Gasteiger partial charge in [0, 0.05) is 22.9 Å². The molecule has 0 spiro atoms. The number of nitrogens with zero attached hydrogens (tertiary/aromatic N) is 3. The van der Waals surface area contributed by atoms with Crippen molar-refractivity contribution in [3.63, 3.8) is 0 Å². The molecule has 0 bridgehead atoms. The SMILES string of the molecule is CC.CC.CC.CSc1ccc(-c2ccc(N3CC(CNC(=O)n4ccnc4)OC3=O)cc2F)cc1. The summed E-state index contributed by atoms with van der Waals surface area (Å²) in [6.07, 6.45) is 5.25. The first-order valence-electron chi connectivity index (χ1n) is 12.2. The molecule has 0 saturated carbocycles. The number of amides is 2. The number of ether oxygens (including phenoxy) is 1. The van der Waals surface area contributed by atoms with Crippen molar-refractivity contribution < 1.29 is 18.7 Å². The number of nitrogens with one attached hydrogen (secondary N) is 1. The Bertz CT molecular complexity index is 1060. The van der Waals surface area contributed by atoms with E-state index in [0.29, 0.717) is 11.3 Å². The molecular weight excluding hydrogens is 479 g/mol. The zero-order valence-electron chi connectivity index (χ0n) is 22.1. The summed E-state index contributed by atoms with van der Waals surface area (Å²) in [5, 5.41) is 2.68. The van der Waals surface area contributed by atoms with Gasteiger partial charge < -0.3 is 10.1 Å². The van der Waals surface area contributed by atoms with Gasteiger partial charge in [-0.25, -0.2) is 19.0 Å². The second-order valence-electron chi connectivity index (χ2n) is 6.67. The standard InChI is InChI=1S/C21H19FN4O3S.3C2H6/c1-30-17-5-2-14(3-6-17)18-7-4-15(10-19(18)22)26-12-16(29-21(26)28)11-24-20(27)25-9-8-23-13-25;3*1-2/h2-10,13,16H,11-12H2,1H3,(H,24,27);3*1-2H3. The van der Waals surface area contributed by atoms with Gasteiger partial charge in [0.15, 0.2) is 0 Å². The first-order chi connectivity index (χ1) is 17.5. The van der Waals surface area contributed by atoms with E-state index in [4.69, 9.17) is 4.74 Å². The number of aromatic nitrogens is 2. The average Bonchev–Trinajstić information content (AvgIpc) is 3.61. The maximum Gasteiger partial charge on any atom is 0.414 e. The van der Waals surface area contributed by atoms with Crippen LogP contribution in [0, 0.1) is 5.82 Å². The Hall–Kier alpha value is -3.33. The number of hydrogen-bond acceptors (Lipinski definition) is 5. The Morgan fingerprint density at radius 2 is 1.78 bits per heavy atom.